The van der Waals surface area contributed by atoms with Crippen molar-refractivity contribution in [2.24, 2.45) is 0 Å². The second kappa shape index (κ2) is 3.56. The molecule has 0 radical (unpaired) electrons. The summed E-state index contributed by atoms with van der Waals surface area (Å²) in [5.41, 5.74) is 11.9. The summed E-state index contributed by atoms with van der Waals surface area (Å²) in [6.45, 7) is 0.535. The fraction of sp³-hybridized carbons (Fsp3) is 0.143. The van der Waals surface area contributed by atoms with Gasteiger partial charge in [0, 0.05) is 11.8 Å². The Balaban J connectivity index is 2.75. The van der Waals surface area contributed by atoms with Gasteiger partial charge >= 0.3 is 0 Å². The van der Waals surface area contributed by atoms with Gasteiger partial charge < -0.3 is 16.2 Å². The van der Waals surface area contributed by atoms with Crippen LogP contribution in [-0.2, 0) is 16.1 Å². The number of nitrogens with zero attached hydrogens (tertiary/aromatic N) is 1. The maximum Gasteiger partial charge on any atom is 0.293 e. The molecule has 0 atom stereocenters. The number of hydrogen-bond acceptors (Lipinski definition) is 5. The van der Waals surface area contributed by atoms with Crippen LogP contribution in [0.1, 0.15) is 5.56 Å². The number of rotatable bonds is 3. The van der Waals surface area contributed by atoms with Crippen molar-refractivity contribution in [2.75, 3.05) is 11.5 Å². The largest absolute Gasteiger partial charge is 0.463 e. The highest BCUT2D eigenvalue weighted by Gasteiger charge is 1.98. The van der Waals surface area contributed by atoms with Crippen molar-refractivity contribution in [3.05, 3.63) is 17.8 Å². The molecule has 12 heavy (non-hydrogen) atoms. The van der Waals surface area contributed by atoms with Gasteiger partial charge in [-0.1, -0.05) is 0 Å². The van der Waals surface area contributed by atoms with E-state index in [2.05, 4.69) is 9.72 Å². The van der Waals surface area contributed by atoms with Crippen LogP contribution in [0.3, 0.4) is 0 Å². The van der Waals surface area contributed by atoms with Gasteiger partial charge in [0.05, 0.1) is 5.69 Å². The molecule has 0 fully saturated rings. The van der Waals surface area contributed by atoms with Gasteiger partial charge in [-0.25, -0.2) is 4.98 Å². The Bertz CT molecular complexity index is 288. The molecule has 0 spiro atoms. The number of hydrogen-bond donors (Lipinski definition) is 2. The second-order valence-electron chi connectivity index (χ2n) is 2.23. The zero-order valence-corrected chi connectivity index (χ0v) is 6.36. The molecule has 1 heterocycles. The topological polar surface area (TPSA) is 91.2 Å². The molecule has 0 aromatic carbocycles. The molecular weight excluding hydrogens is 158 g/mol. The third kappa shape index (κ3) is 1.85. The summed E-state index contributed by atoms with van der Waals surface area (Å²) in [6.07, 6.45) is 1.51. The molecule has 4 N–H and O–H groups in total. The predicted octanol–water partition coefficient (Wildman–Crippen LogP) is -0.0810. The molecule has 0 unspecified atom stereocenters. The van der Waals surface area contributed by atoms with Crippen LogP contribution in [0.25, 0.3) is 0 Å². The van der Waals surface area contributed by atoms with Crippen LogP contribution in [0.15, 0.2) is 12.3 Å². The van der Waals surface area contributed by atoms with E-state index in [-0.39, 0.29) is 12.4 Å². The Hall–Kier alpha value is -1.78. The van der Waals surface area contributed by atoms with Crippen LogP contribution in [-0.4, -0.2) is 11.5 Å². The number of anilines is 2. The maximum absolute atomic E-state index is 9.83. The monoisotopic (exact) mass is 167 g/mol. The van der Waals surface area contributed by atoms with Crippen molar-refractivity contribution in [3.8, 4) is 0 Å². The molecule has 1 aromatic heterocycles. The third-order valence-corrected chi connectivity index (χ3v) is 1.32. The first-order valence-corrected chi connectivity index (χ1v) is 3.29. The van der Waals surface area contributed by atoms with E-state index in [0.29, 0.717) is 17.7 Å². The number of ether oxygens (including phenoxy) is 1. The predicted molar refractivity (Wildman–Crippen MR) is 43.9 cm³/mol. The number of carbonyl (C=O) groups excluding carboxylic acids is 1. The van der Waals surface area contributed by atoms with Gasteiger partial charge in [-0.15, -0.1) is 0 Å². The van der Waals surface area contributed by atoms with Crippen molar-refractivity contribution in [1.82, 2.24) is 4.98 Å². The molecular formula is C7H9N3O2. The van der Waals surface area contributed by atoms with Crippen LogP contribution in [0.2, 0.25) is 0 Å². The van der Waals surface area contributed by atoms with E-state index in [9.17, 15) is 4.79 Å². The van der Waals surface area contributed by atoms with Crippen LogP contribution in [0.5, 0.6) is 0 Å². The molecule has 0 aliphatic carbocycles. The molecule has 1 rings (SSSR count). The Morgan fingerprint density at radius 2 is 2.33 bits per heavy atom. The van der Waals surface area contributed by atoms with Crippen LogP contribution in [0.4, 0.5) is 11.5 Å². The molecule has 0 saturated heterocycles. The Kier molecular flexibility index (Phi) is 2.47. The van der Waals surface area contributed by atoms with Crippen molar-refractivity contribution >= 4 is 18.0 Å². The maximum atomic E-state index is 9.83. The lowest BCUT2D eigenvalue weighted by Gasteiger charge is -2.01. The van der Waals surface area contributed by atoms with Crippen molar-refractivity contribution in [1.29, 1.82) is 0 Å². The summed E-state index contributed by atoms with van der Waals surface area (Å²) in [4.78, 5) is 13.6. The summed E-state index contributed by atoms with van der Waals surface area (Å²) in [5, 5.41) is 0. The molecule has 0 aliphatic rings. The van der Waals surface area contributed by atoms with Gasteiger partial charge in [-0.05, 0) is 6.07 Å². The number of pyridine rings is 1. The molecule has 5 heteroatoms. The first-order valence-electron chi connectivity index (χ1n) is 3.29. The van der Waals surface area contributed by atoms with E-state index in [0.717, 1.165) is 0 Å². The third-order valence-electron chi connectivity index (χ3n) is 1.32. The van der Waals surface area contributed by atoms with Crippen LogP contribution < -0.4 is 11.5 Å². The lowest BCUT2D eigenvalue weighted by atomic mass is 10.3. The number of aromatic nitrogens is 1. The minimum atomic E-state index is 0.168. The van der Waals surface area contributed by atoms with E-state index in [1.54, 1.807) is 6.07 Å². The first kappa shape index (κ1) is 8.32. The summed E-state index contributed by atoms with van der Waals surface area (Å²) in [6, 6.07) is 1.62. The Morgan fingerprint density at radius 1 is 1.58 bits per heavy atom. The molecule has 0 amide bonds. The average molecular weight is 167 g/mol. The summed E-state index contributed by atoms with van der Waals surface area (Å²) < 4.78 is 4.50. The van der Waals surface area contributed by atoms with Gasteiger partial charge in [0.25, 0.3) is 6.47 Å². The normalized spacial score (nSPS) is 9.33. The molecule has 64 valence electrons. The van der Waals surface area contributed by atoms with Gasteiger partial charge in [-0.3, -0.25) is 4.79 Å². The highest BCUT2D eigenvalue weighted by atomic mass is 16.5. The number of carbonyl (C=O) groups is 1. The lowest BCUT2D eigenvalue weighted by molar-refractivity contribution is -0.129. The smallest absolute Gasteiger partial charge is 0.293 e. The zero-order valence-electron chi connectivity index (χ0n) is 6.36. The quantitative estimate of drug-likeness (QED) is 0.614. The minimum absolute atomic E-state index is 0.168. The summed E-state index contributed by atoms with van der Waals surface area (Å²) in [7, 11) is 0. The highest BCUT2D eigenvalue weighted by molar-refractivity contribution is 5.58. The standard InChI is InChI=1S/C7H9N3O2/c8-6-1-5(3-12-4-11)2-10-7(6)9/h1-2,4H,3,8H2,(H2,9,10). The van der Waals surface area contributed by atoms with E-state index in [1.165, 1.54) is 6.20 Å². The fourth-order valence-corrected chi connectivity index (χ4v) is 0.747. The SMILES string of the molecule is Nc1cc(COC=O)cnc1N. The van der Waals surface area contributed by atoms with Gasteiger partial charge in [-0.2, -0.15) is 0 Å². The molecule has 1 aromatic rings. The first-order chi connectivity index (χ1) is 5.74. The van der Waals surface area contributed by atoms with E-state index >= 15 is 0 Å². The Labute approximate surface area is 69.3 Å². The van der Waals surface area contributed by atoms with Gasteiger partial charge in [0.2, 0.25) is 0 Å². The van der Waals surface area contributed by atoms with Crippen LogP contribution in [0, 0.1) is 0 Å². The fourth-order valence-electron chi connectivity index (χ4n) is 0.747. The lowest BCUT2D eigenvalue weighted by Crippen LogP contribution is -2.00. The molecule has 0 bridgehead atoms. The molecule has 0 saturated carbocycles. The summed E-state index contributed by atoms with van der Waals surface area (Å²) >= 11 is 0. The van der Waals surface area contributed by atoms with Crippen molar-refractivity contribution in [2.45, 2.75) is 6.61 Å². The Morgan fingerprint density at radius 3 is 2.92 bits per heavy atom. The van der Waals surface area contributed by atoms with Gasteiger partial charge in [0.1, 0.15) is 12.4 Å². The van der Waals surface area contributed by atoms with Crippen molar-refractivity contribution in [3.63, 3.8) is 0 Å². The zero-order chi connectivity index (χ0) is 8.97. The van der Waals surface area contributed by atoms with E-state index in [4.69, 9.17) is 11.5 Å². The molecule has 5 nitrogen and oxygen atoms in total. The van der Waals surface area contributed by atoms with E-state index < -0.39 is 0 Å². The van der Waals surface area contributed by atoms with Crippen molar-refractivity contribution < 1.29 is 9.53 Å². The number of nitrogens with two attached hydrogens (primary N) is 2. The van der Waals surface area contributed by atoms with Gasteiger partial charge in [0.15, 0.2) is 0 Å². The second-order valence-corrected chi connectivity index (χ2v) is 2.23. The minimum Gasteiger partial charge on any atom is -0.463 e. The highest BCUT2D eigenvalue weighted by Crippen LogP contribution is 2.12. The van der Waals surface area contributed by atoms with Crippen LogP contribution >= 0.6 is 0 Å². The number of nitrogen functional groups attached to an aromatic ring is 2. The molecule has 0 aliphatic heterocycles. The average Bonchev–Trinajstić information content (AvgIpc) is 2.07. The van der Waals surface area contributed by atoms with E-state index in [1.807, 2.05) is 0 Å². The summed E-state index contributed by atoms with van der Waals surface area (Å²) in [5.74, 6) is 0.282.